The molecule has 11 nitrogen and oxygen atoms in total. The van der Waals surface area contributed by atoms with Crippen LogP contribution in [0.5, 0.6) is 5.75 Å². The Balaban J connectivity index is 1.26. The van der Waals surface area contributed by atoms with Crippen LogP contribution in [0.3, 0.4) is 0 Å². The van der Waals surface area contributed by atoms with Gasteiger partial charge in [-0.1, -0.05) is 39.8 Å². The molecule has 0 bridgehead atoms. The molecule has 0 spiro atoms. The zero-order valence-corrected chi connectivity index (χ0v) is 32.1. The number of carbonyl (C=O) groups is 2. The number of ether oxygens (including phenoxy) is 1. The number of ketones is 1. The van der Waals surface area contributed by atoms with Crippen LogP contribution in [0.4, 0.5) is 5.69 Å². The van der Waals surface area contributed by atoms with Crippen LogP contribution in [-0.2, 0) is 20.7 Å². The number of hydrogen-bond acceptors (Lipinski definition) is 10. The van der Waals surface area contributed by atoms with Gasteiger partial charge in [-0.05, 0) is 116 Å². The van der Waals surface area contributed by atoms with Crippen molar-refractivity contribution in [1.29, 1.82) is 0 Å². The first-order valence-electron chi connectivity index (χ1n) is 20.2. The maximum absolute atomic E-state index is 14.5. The Hall–Kier alpha value is -2.64. The molecule has 13 atom stereocenters. The monoisotopic (exact) mass is 749 g/mol. The number of anilines is 1. The van der Waals surface area contributed by atoms with E-state index in [9.17, 15) is 45.3 Å². The van der Waals surface area contributed by atoms with Gasteiger partial charge in [0, 0.05) is 36.1 Å². The van der Waals surface area contributed by atoms with Crippen molar-refractivity contribution in [2.75, 3.05) is 24.7 Å². The molecule has 0 radical (unpaired) electrons. The fourth-order valence-corrected chi connectivity index (χ4v) is 13.0. The van der Waals surface area contributed by atoms with E-state index in [1.807, 2.05) is 19.1 Å². The quantitative estimate of drug-likeness (QED) is 0.146. The number of aliphatic hydroxyl groups excluding tert-OH is 3. The number of phenols is 1. The summed E-state index contributed by atoms with van der Waals surface area (Å²) in [6.07, 6.45) is 6.82. The SMILES string of the molecule is CC(C)[C@@H](C)[C@@H]1O[C@H]1[C@@]1(O)CC=C[C@@H]2C[C@H]3C(=CC(=O)[C@]4(CO)C[C@@H](O)[C@](O)(CO)C[C@]34C)[C@]3(O)CC[C@H]1[C@@]23CCc1cc(O)cc(N2CCCC2=O)c1. The van der Waals surface area contributed by atoms with E-state index >= 15 is 0 Å². The van der Waals surface area contributed by atoms with E-state index in [-0.39, 0.29) is 48.9 Å². The molecule has 3 saturated carbocycles. The van der Waals surface area contributed by atoms with Crippen molar-refractivity contribution >= 4 is 17.4 Å². The van der Waals surface area contributed by atoms with Crippen molar-refractivity contribution in [3.8, 4) is 5.75 Å². The van der Waals surface area contributed by atoms with Gasteiger partial charge in [0.2, 0.25) is 5.91 Å². The molecule has 5 fully saturated rings. The van der Waals surface area contributed by atoms with Crippen molar-refractivity contribution in [2.24, 2.45) is 45.8 Å². The summed E-state index contributed by atoms with van der Waals surface area (Å²) in [5.41, 5.74) is -6.38. The fourth-order valence-electron chi connectivity index (χ4n) is 13.0. The van der Waals surface area contributed by atoms with Gasteiger partial charge in [0.25, 0.3) is 0 Å². The number of fused-ring (bicyclic) bond motifs is 4. The third-order valence-electron chi connectivity index (χ3n) is 16.4. The third kappa shape index (κ3) is 5.04. The van der Waals surface area contributed by atoms with E-state index < -0.39 is 76.1 Å². The minimum Gasteiger partial charge on any atom is -0.508 e. The van der Waals surface area contributed by atoms with E-state index in [0.29, 0.717) is 62.2 Å². The number of aromatic hydroxyl groups is 1. The van der Waals surface area contributed by atoms with Gasteiger partial charge in [-0.2, -0.15) is 0 Å². The van der Waals surface area contributed by atoms with Gasteiger partial charge in [0.05, 0.1) is 36.4 Å². The molecule has 11 heteroatoms. The van der Waals surface area contributed by atoms with Crippen LogP contribution in [0.1, 0.15) is 91.0 Å². The smallest absolute Gasteiger partial charge is 0.227 e. The number of benzene rings is 1. The number of rotatable bonds is 9. The van der Waals surface area contributed by atoms with E-state index in [4.69, 9.17) is 4.74 Å². The number of amides is 1. The van der Waals surface area contributed by atoms with Crippen molar-refractivity contribution in [2.45, 2.75) is 127 Å². The highest BCUT2D eigenvalue weighted by atomic mass is 16.6. The molecule has 296 valence electrons. The lowest BCUT2D eigenvalue weighted by Crippen LogP contribution is -2.71. The predicted octanol–water partition coefficient (Wildman–Crippen LogP) is 3.34. The second kappa shape index (κ2) is 12.7. The Morgan fingerprint density at radius 2 is 1.81 bits per heavy atom. The standard InChI is InChI=1S/C43H59NO10/c1-24(2)25(3)36-37(54-36)42(52)11-5-7-27-17-30-31(19-33(48)39(22-45)20-34(49)40(51,23-46)21-38(30,39)4)43(53)13-10-32(42)41(27,43)12-9-26-15-28(18-29(47)16-26)44-14-6-8-35(44)50/h5,7,15-16,18-19,24-25,27,30,32,34,36-37,45-47,49,51-53H,6,8-14,17,20-23H2,1-4H3/t25-,27-,30+,32+,34-,36+,37-,38-,39-,40-,41-,42-,43-/m1/s1. The molecule has 1 aromatic carbocycles. The minimum atomic E-state index is -1.90. The van der Waals surface area contributed by atoms with Gasteiger partial charge in [-0.3, -0.25) is 9.59 Å². The van der Waals surface area contributed by atoms with E-state index in [0.717, 1.165) is 12.0 Å². The number of aliphatic hydroxyl groups is 6. The van der Waals surface area contributed by atoms with Crippen LogP contribution in [0.15, 0.2) is 42.0 Å². The van der Waals surface area contributed by atoms with Crippen LogP contribution in [0, 0.1) is 45.8 Å². The highest BCUT2D eigenvalue weighted by Gasteiger charge is 2.77. The predicted molar refractivity (Wildman–Crippen MR) is 199 cm³/mol. The Bertz CT molecular complexity index is 1780. The minimum absolute atomic E-state index is 0.00847. The van der Waals surface area contributed by atoms with Crippen LogP contribution in [-0.4, -0.2) is 102 Å². The topological polar surface area (TPSA) is 192 Å². The van der Waals surface area contributed by atoms with Crippen LogP contribution in [0.25, 0.3) is 0 Å². The molecular weight excluding hydrogens is 690 g/mol. The molecule has 1 amide bonds. The molecule has 0 aromatic heterocycles. The number of epoxide rings is 1. The first kappa shape index (κ1) is 38.2. The summed E-state index contributed by atoms with van der Waals surface area (Å²) < 4.78 is 6.38. The van der Waals surface area contributed by atoms with Crippen molar-refractivity contribution in [3.05, 3.63) is 47.6 Å². The van der Waals surface area contributed by atoms with Gasteiger partial charge in [0.15, 0.2) is 5.78 Å². The molecule has 7 N–H and O–H groups in total. The third-order valence-corrected chi connectivity index (χ3v) is 16.4. The number of carbonyl (C=O) groups excluding carboxylic acids is 2. The van der Waals surface area contributed by atoms with E-state index in [2.05, 4.69) is 26.8 Å². The summed E-state index contributed by atoms with van der Waals surface area (Å²) in [5.74, 6) is -1.06. The number of allylic oxidation sites excluding steroid dienone is 2. The fraction of sp³-hybridized carbons (Fsp3) is 0.721. The molecular formula is C43H59NO10. The molecule has 2 aliphatic heterocycles. The summed E-state index contributed by atoms with van der Waals surface area (Å²) in [5, 5.41) is 81.7. The zero-order valence-electron chi connectivity index (χ0n) is 32.1. The van der Waals surface area contributed by atoms with Gasteiger partial charge < -0.3 is 45.4 Å². The van der Waals surface area contributed by atoms with Crippen LogP contribution < -0.4 is 4.90 Å². The number of hydrogen-bond donors (Lipinski definition) is 7. The maximum Gasteiger partial charge on any atom is 0.227 e. The average Bonchev–Trinajstić information content (AvgIpc) is 3.75. The van der Waals surface area contributed by atoms with Gasteiger partial charge in [-0.25, -0.2) is 0 Å². The van der Waals surface area contributed by atoms with Crippen molar-refractivity contribution < 1.29 is 50.1 Å². The van der Waals surface area contributed by atoms with Gasteiger partial charge >= 0.3 is 0 Å². The zero-order chi connectivity index (χ0) is 38.8. The lowest BCUT2D eigenvalue weighted by molar-refractivity contribution is -0.232. The Kier molecular flexibility index (Phi) is 8.98. The molecule has 5 aliphatic carbocycles. The number of aryl methyl sites for hydroxylation is 1. The highest BCUT2D eigenvalue weighted by Crippen LogP contribution is 2.75. The van der Waals surface area contributed by atoms with E-state index in [1.54, 1.807) is 17.0 Å². The van der Waals surface area contributed by atoms with Crippen LogP contribution in [0.2, 0.25) is 0 Å². The summed E-state index contributed by atoms with van der Waals surface area (Å²) in [7, 11) is 0. The van der Waals surface area contributed by atoms with Crippen molar-refractivity contribution in [1.82, 2.24) is 0 Å². The largest absolute Gasteiger partial charge is 0.508 e. The Labute approximate surface area is 317 Å². The first-order chi connectivity index (χ1) is 25.4. The first-order valence-corrected chi connectivity index (χ1v) is 20.2. The molecule has 0 unspecified atom stereocenters. The highest BCUT2D eigenvalue weighted by molar-refractivity contribution is 5.98. The Morgan fingerprint density at radius 1 is 1.06 bits per heavy atom. The lowest BCUT2D eigenvalue weighted by atomic mass is 9.38. The summed E-state index contributed by atoms with van der Waals surface area (Å²) in [6, 6.07) is 5.23. The molecule has 7 aliphatic rings. The van der Waals surface area contributed by atoms with Crippen molar-refractivity contribution in [3.63, 3.8) is 0 Å². The maximum atomic E-state index is 14.5. The number of nitrogens with zero attached hydrogens (tertiary/aromatic N) is 1. The summed E-state index contributed by atoms with van der Waals surface area (Å²) in [6.45, 7) is 7.60. The molecule has 1 aromatic rings. The summed E-state index contributed by atoms with van der Waals surface area (Å²) in [4.78, 5) is 28.9. The second-order valence-corrected chi connectivity index (χ2v) is 18.9. The lowest BCUT2D eigenvalue weighted by Gasteiger charge is -2.67. The van der Waals surface area contributed by atoms with Gasteiger partial charge in [0.1, 0.15) is 23.1 Å². The molecule has 2 heterocycles. The average molecular weight is 750 g/mol. The normalized spacial score (nSPS) is 45.8. The molecule has 8 rings (SSSR count). The molecule has 2 saturated heterocycles. The molecule has 54 heavy (non-hydrogen) atoms. The van der Waals surface area contributed by atoms with Gasteiger partial charge in [-0.15, -0.1) is 0 Å². The second-order valence-electron chi connectivity index (χ2n) is 18.9. The summed E-state index contributed by atoms with van der Waals surface area (Å²) >= 11 is 0. The number of phenolic OH excluding ortho intramolecular Hbond substituents is 1. The Morgan fingerprint density at radius 3 is 2.48 bits per heavy atom. The van der Waals surface area contributed by atoms with Crippen LogP contribution >= 0.6 is 0 Å². The van der Waals surface area contributed by atoms with E-state index in [1.165, 1.54) is 6.08 Å².